The molecule has 2 rings (SSSR count). The molecule has 27 heavy (non-hydrogen) atoms. The molecule has 1 amide bonds. The van der Waals surface area contributed by atoms with Crippen LogP contribution in [0.5, 0.6) is 0 Å². The maximum atomic E-state index is 12.1. The third-order valence-electron chi connectivity index (χ3n) is 3.93. The van der Waals surface area contributed by atoms with E-state index < -0.39 is 16.4 Å². The minimum absolute atomic E-state index is 0. The number of halogens is 1. The van der Waals surface area contributed by atoms with E-state index in [-0.39, 0.29) is 30.1 Å². The van der Waals surface area contributed by atoms with E-state index >= 15 is 0 Å². The lowest BCUT2D eigenvalue weighted by atomic mass is 10.2. The van der Waals surface area contributed by atoms with Crippen LogP contribution in [0.4, 0.5) is 4.79 Å². The van der Waals surface area contributed by atoms with Crippen LogP contribution in [-0.4, -0.2) is 64.1 Å². The van der Waals surface area contributed by atoms with Crippen LogP contribution in [0.25, 0.3) is 0 Å². The molecule has 1 atom stereocenters. The zero-order chi connectivity index (χ0) is 19.3. The highest BCUT2D eigenvalue weighted by molar-refractivity contribution is 14.0. The first-order chi connectivity index (χ1) is 12.2. The number of benzene rings is 1. The fraction of sp³-hybridized carbons (Fsp3) is 0.556. The number of hydrogen-bond acceptors (Lipinski definition) is 4. The van der Waals surface area contributed by atoms with Crippen molar-refractivity contribution in [2.75, 3.05) is 32.4 Å². The third kappa shape index (κ3) is 7.65. The van der Waals surface area contributed by atoms with Gasteiger partial charge < -0.3 is 20.3 Å². The summed E-state index contributed by atoms with van der Waals surface area (Å²) in [5.41, 5.74) is 6.61. The molecule has 1 aromatic carbocycles. The van der Waals surface area contributed by atoms with Crippen LogP contribution >= 0.6 is 24.0 Å². The lowest BCUT2D eigenvalue weighted by Gasteiger charge is -2.36. The van der Waals surface area contributed by atoms with Crippen molar-refractivity contribution < 1.29 is 13.7 Å². The topological polar surface area (TPSA) is 88.2 Å². The highest BCUT2D eigenvalue weighted by atomic mass is 127. The van der Waals surface area contributed by atoms with Gasteiger partial charge in [-0.2, -0.15) is 0 Å². The molecule has 0 saturated carbocycles. The Balaban J connectivity index is 0.00000364. The summed E-state index contributed by atoms with van der Waals surface area (Å²) in [6.07, 6.45) is 1.36. The van der Waals surface area contributed by atoms with Crippen LogP contribution in [0, 0.1) is 0 Å². The van der Waals surface area contributed by atoms with Gasteiger partial charge in [-0.3, -0.25) is 4.21 Å². The van der Waals surface area contributed by atoms with Crippen LogP contribution in [-0.2, 0) is 22.1 Å². The molecule has 0 aliphatic carbocycles. The van der Waals surface area contributed by atoms with Gasteiger partial charge in [0, 0.05) is 48.1 Å². The predicted molar refractivity (Wildman–Crippen MR) is 119 cm³/mol. The highest BCUT2D eigenvalue weighted by Crippen LogP contribution is 2.12. The monoisotopic (exact) mass is 508 g/mol. The molecule has 1 heterocycles. The van der Waals surface area contributed by atoms with Crippen molar-refractivity contribution in [1.29, 1.82) is 0 Å². The normalized spacial score (nSPS) is 16.5. The van der Waals surface area contributed by atoms with Crippen molar-refractivity contribution in [2.45, 2.75) is 37.8 Å². The fourth-order valence-corrected chi connectivity index (χ4v) is 3.02. The Labute approximate surface area is 180 Å². The van der Waals surface area contributed by atoms with Crippen molar-refractivity contribution in [1.82, 2.24) is 9.80 Å². The Hall–Kier alpha value is -1.36. The molecule has 1 aliphatic heterocycles. The van der Waals surface area contributed by atoms with Gasteiger partial charge in [0.25, 0.3) is 0 Å². The van der Waals surface area contributed by atoms with Gasteiger partial charge in [-0.1, -0.05) is 12.1 Å². The first-order valence-corrected chi connectivity index (χ1v) is 10.2. The molecule has 152 valence electrons. The molecule has 0 radical (unpaired) electrons. The van der Waals surface area contributed by atoms with E-state index in [1.165, 1.54) is 0 Å². The molecule has 0 spiro atoms. The van der Waals surface area contributed by atoms with Gasteiger partial charge in [-0.25, -0.2) is 9.79 Å². The number of aliphatic imine (C=N–C) groups is 1. The van der Waals surface area contributed by atoms with Crippen molar-refractivity contribution in [2.24, 2.45) is 10.7 Å². The molecule has 1 fully saturated rings. The summed E-state index contributed by atoms with van der Waals surface area (Å²) >= 11 is 0. The quantitative estimate of drug-likeness (QED) is 0.385. The van der Waals surface area contributed by atoms with E-state index in [1.54, 1.807) is 11.2 Å². The number of carbonyl (C=O) groups excluding carboxylic acids is 1. The summed E-state index contributed by atoms with van der Waals surface area (Å²) in [6, 6.07) is 7.51. The number of guanidine groups is 1. The van der Waals surface area contributed by atoms with Crippen LogP contribution < -0.4 is 5.73 Å². The second-order valence-electron chi connectivity index (χ2n) is 7.23. The van der Waals surface area contributed by atoms with E-state index in [2.05, 4.69) is 4.99 Å². The van der Waals surface area contributed by atoms with E-state index in [9.17, 15) is 9.00 Å². The summed E-state index contributed by atoms with van der Waals surface area (Å²) in [5, 5.41) is 0. The van der Waals surface area contributed by atoms with E-state index in [0.717, 1.165) is 10.5 Å². The zero-order valence-corrected chi connectivity index (χ0v) is 19.5. The van der Waals surface area contributed by atoms with E-state index in [1.807, 2.05) is 49.9 Å². The number of piperazine rings is 1. The SMILES string of the molecule is CS(=O)c1ccc(CN=C(N)N2CCN(C(=O)OC(C)(C)C)CC2)cc1.I. The molecule has 0 aromatic heterocycles. The number of hydrogen-bond donors (Lipinski definition) is 1. The maximum absolute atomic E-state index is 12.1. The minimum Gasteiger partial charge on any atom is -0.444 e. The van der Waals surface area contributed by atoms with Crippen molar-refractivity contribution in [3.63, 3.8) is 0 Å². The second-order valence-corrected chi connectivity index (χ2v) is 8.61. The van der Waals surface area contributed by atoms with Crippen LogP contribution in [0.2, 0.25) is 0 Å². The van der Waals surface area contributed by atoms with Gasteiger partial charge in [0.1, 0.15) is 5.60 Å². The molecule has 1 saturated heterocycles. The maximum Gasteiger partial charge on any atom is 0.410 e. The first-order valence-electron chi connectivity index (χ1n) is 8.61. The largest absolute Gasteiger partial charge is 0.444 e. The van der Waals surface area contributed by atoms with Gasteiger partial charge in [0.05, 0.1) is 6.54 Å². The Bertz CT molecular complexity index is 681. The standard InChI is InChI=1S/C18H28N4O3S.HI/c1-18(2,3)25-17(23)22-11-9-21(10-12-22)16(19)20-13-14-5-7-15(8-6-14)26(4)24;/h5-8H,9-13H2,1-4H3,(H2,19,20);1H. The molecule has 7 nitrogen and oxygen atoms in total. The molecule has 2 N–H and O–H groups in total. The third-order valence-corrected chi connectivity index (χ3v) is 4.87. The molecule has 0 bridgehead atoms. The highest BCUT2D eigenvalue weighted by Gasteiger charge is 2.26. The average molecular weight is 508 g/mol. The number of nitrogens with zero attached hydrogens (tertiary/aromatic N) is 3. The number of carbonyl (C=O) groups is 1. The molecule has 1 aromatic rings. The average Bonchev–Trinajstić information content (AvgIpc) is 2.58. The lowest BCUT2D eigenvalue weighted by Crippen LogP contribution is -2.53. The lowest BCUT2D eigenvalue weighted by molar-refractivity contribution is 0.0186. The summed E-state index contributed by atoms with van der Waals surface area (Å²) in [7, 11) is -0.979. The summed E-state index contributed by atoms with van der Waals surface area (Å²) in [4.78, 5) is 21.0. The first kappa shape index (κ1) is 23.7. The van der Waals surface area contributed by atoms with Crippen LogP contribution in [0.3, 0.4) is 0 Å². The number of ether oxygens (including phenoxy) is 1. The number of rotatable bonds is 3. The number of amides is 1. The van der Waals surface area contributed by atoms with Gasteiger partial charge in [-0.05, 0) is 38.5 Å². The molecular formula is C18H29IN4O3S. The Morgan fingerprint density at radius 1 is 1.15 bits per heavy atom. The van der Waals surface area contributed by atoms with Crippen LogP contribution in [0.1, 0.15) is 26.3 Å². The van der Waals surface area contributed by atoms with Crippen molar-refractivity contribution >= 4 is 46.8 Å². The van der Waals surface area contributed by atoms with Gasteiger partial charge >= 0.3 is 6.09 Å². The second kappa shape index (κ2) is 10.3. The van der Waals surface area contributed by atoms with Crippen molar-refractivity contribution in [3.8, 4) is 0 Å². The van der Waals surface area contributed by atoms with E-state index in [4.69, 9.17) is 10.5 Å². The van der Waals surface area contributed by atoms with Gasteiger partial charge in [-0.15, -0.1) is 24.0 Å². The summed E-state index contributed by atoms with van der Waals surface area (Å²) in [6.45, 7) is 8.41. The smallest absolute Gasteiger partial charge is 0.410 e. The number of nitrogens with two attached hydrogens (primary N) is 1. The Morgan fingerprint density at radius 2 is 1.67 bits per heavy atom. The van der Waals surface area contributed by atoms with E-state index in [0.29, 0.717) is 38.7 Å². The molecule has 9 heteroatoms. The van der Waals surface area contributed by atoms with Gasteiger partial charge in [0.2, 0.25) is 0 Å². The molecule has 1 aliphatic rings. The Morgan fingerprint density at radius 3 is 2.15 bits per heavy atom. The van der Waals surface area contributed by atoms with Crippen LogP contribution in [0.15, 0.2) is 34.2 Å². The van der Waals surface area contributed by atoms with Crippen molar-refractivity contribution in [3.05, 3.63) is 29.8 Å². The van der Waals surface area contributed by atoms with Gasteiger partial charge in [0.15, 0.2) is 5.96 Å². The Kier molecular flexibility index (Phi) is 9.00. The molecule has 1 unspecified atom stereocenters. The fourth-order valence-electron chi connectivity index (χ4n) is 2.50. The minimum atomic E-state index is -0.979. The molecular weight excluding hydrogens is 479 g/mol. The summed E-state index contributed by atoms with van der Waals surface area (Å²) < 4.78 is 16.8. The zero-order valence-electron chi connectivity index (χ0n) is 16.3. The summed E-state index contributed by atoms with van der Waals surface area (Å²) in [5.74, 6) is 0.469. The predicted octanol–water partition coefficient (Wildman–Crippen LogP) is 2.41.